The molecule has 1 atom stereocenters. The van der Waals surface area contributed by atoms with Gasteiger partial charge in [-0.3, -0.25) is 4.79 Å². The van der Waals surface area contributed by atoms with E-state index in [2.05, 4.69) is 6.92 Å². The number of ketones is 1. The van der Waals surface area contributed by atoms with Crippen LogP contribution < -0.4 is 0 Å². The first-order valence-electron chi connectivity index (χ1n) is 6.13. The zero-order valence-corrected chi connectivity index (χ0v) is 11.2. The molecule has 0 bridgehead atoms. The third-order valence-electron chi connectivity index (χ3n) is 2.93. The van der Waals surface area contributed by atoms with Crippen LogP contribution in [0.2, 0.25) is 0 Å². The lowest BCUT2D eigenvalue weighted by Crippen LogP contribution is -2.35. The minimum atomic E-state index is -0.895. The monoisotopic (exact) mass is 234 g/mol. The van der Waals surface area contributed by atoms with Gasteiger partial charge in [-0.15, -0.1) is 0 Å². The highest BCUT2D eigenvalue weighted by molar-refractivity contribution is 5.85. The Balaban J connectivity index is 2.68. The summed E-state index contributed by atoms with van der Waals surface area (Å²) in [5.74, 6) is -0.109. The molecule has 1 unspecified atom stereocenters. The van der Waals surface area contributed by atoms with Gasteiger partial charge in [-0.2, -0.15) is 0 Å². The van der Waals surface area contributed by atoms with Gasteiger partial charge in [0.05, 0.1) is 0 Å². The largest absolute Gasteiger partial charge is 0.385 e. The molecule has 1 rings (SSSR count). The van der Waals surface area contributed by atoms with Crippen LogP contribution in [0.25, 0.3) is 0 Å². The Morgan fingerprint density at radius 1 is 1.18 bits per heavy atom. The maximum absolute atomic E-state index is 11.9. The number of aliphatic hydroxyl groups excluding tert-OH is 1. The summed E-state index contributed by atoms with van der Waals surface area (Å²) in [7, 11) is 0. The molecular formula is C15H22O2. The molecule has 0 saturated heterocycles. The van der Waals surface area contributed by atoms with Crippen molar-refractivity contribution in [3.8, 4) is 0 Å². The number of benzene rings is 1. The van der Waals surface area contributed by atoms with Crippen molar-refractivity contribution in [3.63, 3.8) is 0 Å². The molecule has 17 heavy (non-hydrogen) atoms. The molecule has 0 fully saturated rings. The van der Waals surface area contributed by atoms with Gasteiger partial charge in [0.25, 0.3) is 0 Å². The highest BCUT2D eigenvalue weighted by Gasteiger charge is 2.28. The van der Waals surface area contributed by atoms with Crippen LogP contribution in [0.15, 0.2) is 24.3 Å². The van der Waals surface area contributed by atoms with E-state index in [0.29, 0.717) is 6.42 Å². The fraction of sp³-hybridized carbons (Fsp3) is 0.533. The van der Waals surface area contributed by atoms with Gasteiger partial charge in [0.1, 0.15) is 6.10 Å². The van der Waals surface area contributed by atoms with Crippen LogP contribution in [-0.4, -0.2) is 17.0 Å². The van der Waals surface area contributed by atoms with Crippen molar-refractivity contribution in [3.05, 3.63) is 35.4 Å². The van der Waals surface area contributed by atoms with Crippen LogP contribution in [-0.2, 0) is 17.6 Å². The van der Waals surface area contributed by atoms with E-state index in [9.17, 15) is 9.90 Å². The molecule has 1 N–H and O–H groups in total. The summed E-state index contributed by atoms with van der Waals surface area (Å²) in [5, 5.41) is 9.87. The topological polar surface area (TPSA) is 37.3 Å². The first-order chi connectivity index (χ1) is 7.84. The molecule has 0 radical (unpaired) electrons. The normalized spacial score (nSPS) is 13.5. The summed E-state index contributed by atoms with van der Waals surface area (Å²) in [6.07, 6.45) is 0.412. The Morgan fingerprint density at radius 3 is 2.06 bits per heavy atom. The zero-order chi connectivity index (χ0) is 13.1. The molecule has 0 amide bonds. The van der Waals surface area contributed by atoms with E-state index in [-0.39, 0.29) is 11.2 Å². The summed E-state index contributed by atoms with van der Waals surface area (Å²) in [5.41, 5.74) is 1.84. The van der Waals surface area contributed by atoms with Gasteiger partial charge in [0.2, 0.25) is 0 Å². The van der Waals surface area contributed by atoms with E-state index in [1.54, 1.807) is 0 Å². The van der Waals surface area contributed by atoms with E-state index < -0.39 is 6.10 Å². The number of aryl methyl sites for hydroxylation is 1. The van der Waals surface area contributed by atoms with E-state index in [1.165, 1.54) is 5.56 Å². The molecule has 1 aromatic carbocycles. The molecule has 2 heteroatoms. The molecule has 0 spiro atoms. The number of rotatable bonds is 4. The molecule has 0 aliphatic rings. The Kier molecular flexibility index (Phi) is 4.47. The Bertz CT molecular complexity index is 371. The van der Waals surface area contributed by atoms with E-state index in [0.717, 1.165) is 12.0 Å². The summed E-state index contributed by atoms with van der Waals surface area (Å²) in [4.78, 5) is 11.9. The molecule has 0 aromatic heterocycles. The van der Waals surface area contributed by atoms with Crippen LogP contribution in [0.3, 0.4) is 0 Å². The number of carbonyl (C=O) groups is 1. The maximum Gasteiger partial charge on any atom is 0.166 e. The van der Waals surface area contributed by atoms with Gasteiger partial charge in [-0.1, -0.05) is 52.0 Å². The predicted molar refractivity (Wildman–Crippen MR) is 70.0 cm³/mol. The molecule has 2 nitrogen and oxygen atoms in total. The Labute approximate surface area is 104 Å². The first-order valence-corrected chi connectivity index (χ1v) is 6.13. The lowest BCUT2D eigenvalue weighted by molar-refractivity contribution is -0.131. The Hall–Kier alpha value is -1.15. The molecule has 0 heterocycles. The highest BCUT2D eigenvalue weighted by atomic mass is 16.3. The second kappa shape index (κ2) is 5.46. The van der Waals surface area contributed by atoms with Crippen molar-refractivity contribution in [1.29, 1.82) is 0 Å². The summed E-state index contributed by atoms with van der Waals surface area (Å²) in [6.45, 7) is 7.71. The molecule has 0 aliphatic heterocycles. The lowest BCUT2D eigenvalue weighted by Gasteiger charge is -2.24. The summed E-state index contributed by atoms with van der Waals surface area (Å²) < 4.78 is 0. The SMILES string of the molecule is CCc1ccc(CC(=O)C(O)C(C)(C)C)cc1. The smallest absolute Gasteiger partial charge is 0.166 e. The van der Waals surface area contributed by atoms with Gasteiger partial charge in [-0.25, -0.2) is 0 Å². The van der Waals surface area contributed by atoms with Crippen LogP contribution in [0.5, 0.6) is 0 Å². The minimum absolute atomic E-state index is 0.109. The van der Waals surface area contributed by atoms with Crippen molar-refractivity contribution in [2.75, 3.05) is 0 Å². The number of aliphatic hydroxyl groups is 1. The fourth-order valence-corrected chi connectivity index (χ4v) is 1.67. The number of carbonyl (C=O) groups excluding carboxylic acids is 1. The van der Waals surface area contributed by atoms with Gasteiger partial charge in [-0.05, 0) is 23.0 Å². The van der Waals surface area contributed by atoms with E-state index in [4.69, 9.17) is 0 Å². The second-order valence-corrected chi connectivity index (χ2v) is 5.58. The Morgan fingerprint density at radius 2 is 1.65 bits per heavy atom. The average molecular weight is 234 g/mol. The standard InChI is InChI=1S/C15H22O2/c1-5-11-6-8-12(9-7-11)10-13(16)14(17)15(2,3)4/h6-9,14,17H,5,10H2,1-4H3. The summed E-state index contributed by atoms with van der Waals surface area (Å²) in [6, 6.07) is 8.00. The third kappa shape index (κ3) is 3.97. The maximum atomic E-state index is 11.9. The molecular weight excluding hydrogens is 212 g/mol. The van der Waals surface area contributed by atoms with Gasteiger partial charge >= 0.3 is 0 Å². The third-order valence-corrected chi connectivity index (χ3v) is 2.93. The quantitative estimate of drug-likeness (QED) is 0.869. The molecule has 94 valence electrons. The molecule has 0 aliphatic carbocycles. The average Bonchev–Trinajstić information content (AvgIpc) is 2.27. The van der Waals surface area contributed by atoms with Crippen molar-refractivity contribution in [1.82, 2.24) is 0 Å². The second-order valence-electron chi connectivity index (χ2n) is 5.58. The van der Waals surface area contributed by atoms with Crippen molar-refractivity contribution in [2.45, 2.75) is 46.6 Å². The van der Waals surface area contributed by atoms with Crippen LogP contribution in [0.1, 0.15) is 38.8 Å². The number of hydrogen-bond donors (Lipinski definition) is 1. The highest BCUT2D eigenvalue weighted by Crippen LogP contribution is 2.21. The fourth-order valence-electron chi connectivity index (χ4n) is 1.67. The van der Waals surface area contributed by atoms with Crippen molar-refractivity contribution in [2.24, 2.45) is 5.41 Å². The van der Waals surface area contributed by atoms with Gasteiger partial charge in [0, 0.05) is 6.42 Å². The first kappa shape index (κ1) is 13.9. The lowest BCUT2D eigenvalue weighted by atomic mass is 9.85. The van der Waals surface area contributed by atoms with Gasteiger partial charge < -0.3 is 5.11 Å². The van der Waals surface area contributed by atoms with Crippen LogP contribution in [0.4, 0.5) is 0 Å². The van der Waals surface area contributed by atoms with E-state index in [1.807, 2.05) is 45.0 Å². The van der Waals surface area contributed by atoms with Crippen LogP contribution >= 0.6 is 0 Å². The minimum Gasteiger partial charge on any atom is -0.385 e. The molecule has 1 aromatic rings. The molecule has 0 saturated carbocycles. The van der Waals surface area contributed by atoms with Gasteiger partial charge in [0.15, 0.2) is 5.78 Å². The van der Waals surface area contributed by atoms with Crippen molar-refractivity contribution < 1.29 is 9.90 Å². The number of Topliss-reactive ketones (excluding diaryl/α,β-unsaturated/α-hetero) is 1. The van der Waals surface area contributed by atoms with E-state index >= 15 is 0 Å². The predicted octanol–water partition coefficient (Wildman–Crippen LogP) is 2.77. The van der Waals surface area contributed by atoms with Crippen LogP contribution in [0, 0.1) is 5.41 Å². The zero-order valence-electron chi connectivity index (χ0n) is 11.2. The van der Waals surface area contributed by atoms with Crippen molar-refractivity contribution >= 4 is 5.78 Å². The summed E-state index contributed by atoms with van der Waals surface area (Å²) >= 11 is 0. The number of hydrogen-bond acceptors (Lipinski definition) is 2.